The molecule has 0 unspecified atom stereocenters. The fourth-order valence-electron chi connectivity index (χ4n) is 3.08. The maximum atomic E-state index is 13.4. The quantitative estimate of drug-likeness (QED) is 0.538. The number of amides is 1. The van der Waals surface area contributed by atoms with Crippen LogP contribution in [0.1, 0.15) is 5.56 Å². The number of rotatable bonds is 5. The molecule has 1 aliphatic rings. The summed E-state index contributed by atoms with van der Waals surface area (Å²) in [6.07, 6.45) is -0.174. The van der Waals surface area contributed by atoms with Gasteiger partial charge >= 0.3 is 0 Å². The second-order valence-electron chi connectivity index (χ2n) is 6.42. The van der Waals surface area contributed by atoms with Crippen molar-refractivity contribution in [3.63, 3.8) is 0 Å². The maximum absolute atomic E-state index is 13.4. The Morgan fingerprint density at radius 2 is 1.69 bits per heavy atom. The molecule has 0 aromatic heterocycles. The first kappa shape index (κ1) is 20.8. The number of hydrogen-bond acceptors (Lipinski definition) is 5. The zero-order valence-corrected chi connectivity index (χ0v) is 15.9. The minimum Gasteiger partial charge on any atom is -0.340 e. The average Bonchev–Trinajstić information content (AvgIpc) is 2.70. The normalized spacial score (nSPS) is 15.3. The molecule has 2 aromatic rings. The third kappa shape index (κ3) is 4.40. The predicted molar refractivity (Wildman–Crippen MR) is 98.5 cm³/mol. The van der Waals surface area contributed by atoms with E-state index in [1.54, 1.807) is 6.07 Å². The lowest BCUT2D eigenvalue weighted by Crippen LogP contribution is -2.50. The van der Waals surface area contributed by atoms with Gasteiger partial charge in [-0.3, -0.25) is 14.9 Å². The van der Waals surface area contributed by atoms with E-state index in [0.717, 1.165) is 16.4 Å². The lowest BCUT2D eigenvalue weighted by Gasteiger charge is -2.34. The molecule has 0 atom stereocenters. The molecule has 0 radical (unpaired) electrons. The van der Waals surface area contributed by atoms with Crippen LogP contribution in [-0.2, 0) is 21.2 Å². The highest BCUT2D eigenvalue weighted by Crippen LogP contribution is 2.22. The van der Waals surface area contributed by atoms with E-state index in [-0.39, 0.29) is 54.7 Å². The van der Waals surface area contributed by atoms with Gasteiger partial charge in [-0.1, -0.05) is 18.2 Å². The molecule has 1 heterocycles. The fourth-order valence-corrected chi connectivity index (χ4v) is 4.51. The number of piperazine rings is 1. The summed E-state index contributed by atoms with van der Waals surface area (Å²) in [4.78, 5) is 24.1. The number of halogens is 2. The molecule has 8 nitrogen and oxygen atoms in total. The molecule has 1 fully saturated rings. The van der Waals surface area contributed by atoms with E-state index in [2.05, 4.69) is 0 Å². The van der Waals surface area contributed by atoms with Crippen molar-refractivity contribution in [2.45, 2.75) is 11.3 Å². The zero-order chi connectivity index (χ0) is 21.2. The van der Waals surface area contributed by atoms with Gasteiger partial charge in [-0.25, -0.2) is 17.2 Å². The molecule has 0 aliphatic carbocycles. The summed E-state index contributed by atoms with van der Waals surface area (Å²) in [6, 6.07) is 8.27. The van der Waals surface area contributed by atoms with Crippen LogP contribution in [0.4, 0.5) is 14.5 Å². The number of nitrogens with zero attached hydrogens (tertiary/aromatic N) is 3. The SMILES string of the molecule is O=C(Cc1ccccc1[N+](=O)[O-])N1CCN(S(=O)(=O)c2ccc(F)c(F)c2)CC1. The molecule has 29 heavy (non-hydrogen) atoms. The Kier molecular flexibility index (Phi) is 5.89. The number of para-hydroxylation sites is 1. The van der Waals surface area contributed by atoms with Gasteiger partial charge in [0.15, 0.2) is 11.6 Å². The van der Waals surface area contributed by atoms with E-state index in [1.165, 1.54) is 23.1 Å². The van der Waals surface area contributed by atoms with Crippen LogP contribution in [0.15, 0.2) is 47.4 Å². The van der Waals surface area contributed by atoms with Crippen molar-refractivity contribution in [2.75, 3.05) is 26.2 Å². The molecule has 11 heteroatoms. The lowest BCUT2D eigenvalue weighted by molar-refractivity contribution is -0.385. The highest BCUT2D eigenvalue weighted by atomic mass is 32.2. The van der Waals surface area contributed by atoms with E-state index >= 15 is 0 Å². The number of nitro benzene ring substituents is 1. The zero-order valence-electron chi connectivity index (χ0n) is 15.1. The molecular formula is C18H17F2N3O5S. The summed E-state index contributed by atoms with van der Waals surface area (Å²) in [6.45, 7) is 0.124. The van der Waals surface area contributed by atoms with Crippen LogP contribution in [0, 0.1) is 21.7 Å². The van der Waals surface area contributed by atoms with Crippen LogP contribution in [-0.4, -0.2) is 54.6 Å². The van der Waals surface area contributed by atoms with Crippen LogP contribution in [0.3, 0.4) is 0 Å². The minimum absolute atomic E-state index is 0.0239. The van der Waals surface area contributed by atoms with Gasteiger partial charge in [-0.15, -0.1) is 0 Å². The van der Waals surface area contributed by atoms with Gasteiger partial charge in [0.25, 0.3) is 5.69 Å². The van der Waals surface area contributed by atoms with Gasteiger partial charge in [-0.05, 0) is 18.2 Å². The largest absolute Gasteiger partial charge is 0.340 e. The topological polar surface area (TPSA) is 101 Å². The first-order valence-corrected chi connectivity index (χ1v) is 10.1. The summed E-state index contributed by atoms with van der Waals surface area (Å²) in [5.41, 5.74) is 0.125. The first-order valence-electron chi connectivity index (χ1n) is 8.65. The van der Waals surface area contributed by atoms with Crippen LogP contribution in [0.25, 0.3) is 0 Å². The van der Waals surface area contributed by atoms with Crippen molar-refractivity contribution in [3.05, 3.63) is 69.8 Å². The second kappa shape index (κ2) is 8.21. The fraction of sp³-hybridized carbons (Fsp3) is 0.278. The Labute approximate surface area is 165 Å². The number of carbonyl (C=O) groups is 1. The van der Waals surface area contributed by atoms with E-state index in [4.69, 9.17) is 0 Å². The molecular weight excluding hydrogens is 408 g/mol. The molecule has 0 bridgehead atoms. The molecule has 3 rings (SSSR count). The second-order valence-corrected chi connectivity index (χ2v) is 8.36. The summed E-state index contributed by atoms with van der Waals surface area (Å²) >= 11 is 0. The molecule has 0 spiro atoms. The summed E-state index contributed by atoms with van der Waals surface area (Å²) in [7, 11) is -4.03. The first-order chi connectivity index (χ1) is 13.7. The summed E-state index contributed by atoms with van der Waals surface area (Å²) in [5.74, 6) is -2.76. The Morgan fingerprint density at radius 1 is 1.03 bits per heavy atom. The molecule has 2 aromatic carbocycles. The summed E-state index contributed by atoms with van der Waals surface area (Å²) < 4.78 is 52.7. The molecule has 0 N–H and O–H groups in total. The number of sulfonamides is 1. The van der Waals surface area contributed by atoms with Crippen molar-refractivity contribution < 1.29 is 26.9 Å². The van der Waals surface area contributed by atoms with Gasteiger partial charge in [0.05, 0.1) is 16.2 Å². The molecule has 0 saturated carbocycles. The molecule has 1 amide bonds. The maximum Gasteiger partial charge on any atom is 0.273 e. The molecule has 1 saturated heterocycles. The Hall–Kier alpha value is -2.92. The van der Waals surface area contributed by atoms with E-state index in [0.29, 0.717) is 6.07 Å². The average molecular weight is 425 g/mol. The van der Waals surface area contributed by atoms with Crippen LogP contribution in [0.2, 0.25) is 0 Å². The van der Waals surface area contributed by atoms with Crippen LogP contribution < -0.4 is 0 Å². The van der Waals surface area contributed by atoms with Crippen molar-refractivity contribution >= 4 is 21.6 Å². The van der Waals surface area contributed by atoms with E-state index < -0.39 is 26.6 Å². The van der Waals surface area contributed by atoms with Crippen molar-refractivity contribution in [2.24, 2.45) is 0 Å². The van der Waals surface area contributed by atoms with E-state index in [1.807, 2.05) is 0 Å². The van der Waals surface area contributed by atoms with Gasteiger partial charge in [-0.2, -0.15) is 4.31 Å². The number of hydrogen-bond donors (Lipinski definition) is 0. The number of carbonyl (C=O) groups excluding carboxylic acids is 1. The van der Waals surface area contributed by atoms with Crippen molar-refractivity contribution in [1.82, 2.24) is 9.21 Å². The van der Waals surface area contributed by atoms with Crippen molar-refractivity contribution in [1.29, 1.82) is 0 Å². The molecule has 1 aliphatic heterocycles. The van der Waals surface area contributed by atoms with Gasteiger partial charge in [0.1, 0.15) is 0 Å². The third-order valence-corrected chi connectivity index (χ3v) is 6.54. The highest BCUT2D eigenvalue weighted by Gasteiger charge is 2.31. The Morgan fingerprint density at radius 3 is 2.31 bits per heavy atom. The Bertz CT molecular complexity index is 1050. The van der Waals surface area contributed by atoms with Gasteiger partial charge < -0.3 is 4.90 Å². The monoisotopic (exact) mass is 425 g/mol. The van der Waals surface area contributed by atoms with Crippen molar-refractivity contribution in [3.8, 4) is 0 Å². The molecule has 154 valence electrons. The predicted octanol–water partition coefficient (Wildman–Crippen LogP) is 1.95. The van der Waals surface area contributed by atoms with Crippen LogP contribution >= 0.6 is 0 Å². The van der Waals surface area contributed by atoms with E-state index in [9.17, 15) is 32.1 Å². The minimum atomic E-state index is -4.03. The van der Waals surface area contributed by atoms with Gasteiger partial charge in [0, 0.05) is 37.8 Å². The van der Waals surface area contributed by atoms with Crippen LogP contribution in [0.5, 0.6) is 0 Å². The number of nitro groups is 1. The number of benzene rings is 2. The van der Waals surface area contributed by atoms with Gasteiger partial charge in [0.2, 0.25) is 15.9 Å². The Balaban J connectivity index is 1.66. The third-order valence-electron chi connectivity index (χ3n) is 4.65. The lowest BCUT2D eigenvalue weighted by atomic mass is 10.1. The standard InChI is InChI=1S/C18H17F2N3O5S/c19-15-6-5-14(12-16(15)20)29(27,28)22-9-7-21(8-10-22)18(24)11-13-3-1-2-4-17(13)23(25)26/h1-6,12H,7-11H2. The smallest absolute Gasteiger partial charge is 0.273 e. The summed E-state index contributed by atoms with van der Waals surface area (Å²) in [5, 5.41) is 11.1. The highest BCUT2D eigenvalue weighted by molar-refractivity contribution is 7.89.